The number of halogens is 3. The number of aromatic nitrogens is 4. The first kappa shape index (κ1) is 24.6. The van der Waals surface area contributed by atoms with E-state index in [1.54, 1.807) is 18.2 Å². The number of pyridine rings is 1. The highest BCUT2D eigenvalue weighted by atomic mass is 19.4. The molecule has 0 unspecified atom stereocenters. The highest BCUT2D eigenvalue weighted by molar-refractivity contribution is 5.91. The van der Waals surface area contributed by atoms with E-state index in [0.29, 0.717) is 21.6 Å². The Morgan fingerprint density at radius 1 is 1.05 bits per heavy atom. The lowest BCUT2D eigenvalue weighted by molar-refractivity contribution is -0.119. The molecule has 0 aliphatic rings. The number of rotatable bonds is 5. The third kappa shape index (κ3) is 5.08. The van der Waals surface area contributed by atoms with Gasteiger partial charge in [0, 0.05) is 22.8 Å². The van der Waals surface area contributed by atoms with Crippen molar-refractivity contribution >= 4 is 39.2 Å². The molecular formula is C26H26F3N7O. The molecule has 0 saturated heterocycles. The molecule has 5 aromatic rings. The number of alkyl halides is 3. The van der Waals surface area contributed by atoms with E-state index in [1.807, 2.05) is 58.2 Å². The van der Waals surface area contributed by atoms with Crippen LogP contribution in [0.5, 0.6) is 0 Å². The van der Waals surface area contributed by atoms with Crippen molar-refractivity contribution in [1.82, 2.24) is 20.2 Å². The number of anilines is 3. The zero-order chi connectivity index (χ0) is 26.5. The van der Waals surface area contributed by atoms with Crippen molar-refractivity contribution < 1.29 is 17.6 Å². The van der Waals surface area contributed by atoms with Crippen LogP contribution in [0, 0.1) is 6.92 Å². The van der Waals surface area contributed by atoms with E-state index >= 15 is 0 Å². The number of hydrazine groups is 1. The van der Waals surface area contributed by atoms with Gasteiger partial charge in [0.05, 0.1) is 11.2 Å². The molecule has 0 fully saturated rings. The first-order chi connectivity index (χ1) is 17.4. The minimum atomic E-state index is -4.43. The molecule has 192 valence electrons. The van der Waals surface area contributed by atoms with E-state index in [2.05, 4.69) is 20.5 Å². The molecular weight excluding hydrogens is 483 g/mol. The number of nitrogens with one attached hydrogen (secondary N) is 2. The van der Waals surface area contributed by atoms with Crippen LogP contribution in [0.15, 0.2) is 53.1 Å². The molecule has 0 spiro atoms. The molecule has 0 bridgehead atoms. The van der Waals surface area contributed by atoms with Gasteiger partial charge in [-0.25, -0.2) is 10.8 Å². The molecule has 8 nitrogen and oxygen atoms in total. The van der Waals surface area contributed by atoms with Crippen molar-refractivity contribution in [3.8, 4) is 11.6 Å². The summed E-state index contributed by atoms with van der Waals surface area (Å²) in [5.41, 5.74) is 4.22. The van der Waals surface area contributed by atoms with Gasteiger partial charge in [0.25, 0.3) is 5.89 Å². The Morgan fingerprint density at radius 2 is 1.84 bits per heavy atom. The fraction of sp³-hybridized carbons (Fsp3) is 0.269. The Kier molecular flexibility index (Phi) is 5.82. The number of nitrogens with two attached hydrogens (primary N) is 1. The minimum absolute atomic E-state index is 0.206. The zero-order valence-electron chi connectivity index (χ0n) is 20.7. The van der Waals surface area contributed by atoms with Crippen LogP contribution in [0.25, 0.3) is 33.4 Å². The number of aryl methyl sites for hydroxylation is 1. The maximum Gasteiger partial charge on any atom is 0.407 e. The smallest absolute Gasteiger partial charge is 0.401 e. The maximum atomic E-state index is 13.0. The summed E-state index contributed by atoms with van der Waals surface area (Å²) in [6.07, 6.45) is -2.57. The Bertz CT molecular complexity index is 1600. The summed E-state index contributed by atoms with van der Waals surface area (Å²) in [6, 6.07) is 13.0. The molecule has 3 aromatic heterocycles. The van der Waals surface area contributed by atoms with E-state index in [1.165, 1.54) is 0 Å². The molecule has 5 rings (SSSR count). The predicted octanol–water partition coefficient (Wildman–Crippen LogP) is 6.36. The van der Waals surface area contributed by atoms with E-state index in [4.69, 9.17) is 15.2 Å². The summed E-state index contributed by atoms with van der Waals surface area (Å²) >= 11 is 0. The van der Waals surface area contributed by atoms with Crippen LogP contribution < -0.4 is 16.2 Å². The van der Waals surface area contributed by atoms with Crippen molar-refractivity contribution in [2.45, 2.75) is 39.3 Å². The van der Waals surface area contributed by atoms with Gasteiger partial charge in [0.2, 0.25) is 0 Å². The molecule has 11 heteroatoms. The van der Waals surface area contributed by atoms with Gasteiger partial charge >= 0.3 is 12.2 Å². The van der Waals surface area contributed by atoms with E-state index in [9.17, 15) is 13.2 Å². The predicted molar refractivity (Wildman–Crippen MR) is 138 cm³/mol. The molecule has 2 aromatic carbocycles. The van der Waals surface area contributed by atoms with Crippen LogP contribution in [0.3, 0.4) is 0 Å². The van der Waals surface area contributed by atoms with Crippen LogP contribution in [0.1, 0.15) is 31.9 Å². The normalized spacial score (nSPS) is 12.4. The summed E-state index contributed by atoms with van der Waals surface area (Å²) in [4.78, 5) is 7.95. The second-order valence-electron chi connectivity index (χ2n) is 10.0. The molecule has 0 amide bonds. The summed E-state index contributed by atoms with van der Waals surface area (Å²) in [7, 11) is 0. The average molecular weight is 510 g/mol. The van der Waals surface area contributed by atoms with Gasteiger partial charge in [-0.3, -0.25) is 0 Å². The number of fused-ring (bicyclic) bond motifs is 2. The summed E-state index contributed by atoms with van der Waals surface area (Å²) in [5, 5.41) is 13.9. The second kappa shape index (κ2) is 8.77. The Hall–Kier alpha value is -4.12. The number of benzene rings is 2. The van der Waals surface area contributed by atoms with Gasteiger partial charge < -0.3 is 19.7 Å². The first-order valence-electron chi connectivity index (χ1n) is 11.6. The van der Waals surface area contributed by atoms with Crippen LogP contribution in [-0.2, 0) is 5.41 Å². The van der Waals surface area contributed by atoms with Gasteiger partial charge in [-0.05, 0) is 65.3 Å². The molecule has 0 radical (unpaired) electrons. The average Bonchev–Trinajstić information content (AvgIpc) is 3.46. The molecule has 0 saturated carbocycles. The fourth-order valence-corrected chi connectivity index (χ4v) is 4.23. The first-order valence-corrected chi connectivity index (χ1v) is 11.6. The number of aromatic amines is 1. The Labute approximate surface area is 210 Å². The highest BCUT2D eigenvalue weighted by Gasteiger charge is 2.31. The molecule has 0 aliphatic carbocycles. The van der Waals surface area contributed by atoms with E-state index < -0.39 is 18.1 Å². The standard InChI is InChI=1S/C26H26F3N7O/c1-14-9-21(23-34-35-24(37-23)32-16-6-5-15-7-8-31-20(15)10-16)33-22-18(14)11-17(12-19(22)25(2,3)4)36(30)13-26(27,28)29/h5-12,31H,13,30H2,1-4H3,(H,32,35). The molecule has 3 heterocycles. The molecule has 0 aliphatic heterocycles. The fourth-order valence-electron chi connectivity index (χ4n) is 4.23. The number of hydrogen-bond acceptors (Lipinski definition) is 7. The Morgan fingerprint density at radius 3 is 2.57 bits per heavy atom. The van der Waals surface area contributed by atoms with Gasteiger partial charge in [0.1, 0.15) is 12.2 Å². The van der Waals surface area contributed by atoms with Crippen LogP contribution in [-0.4, -0.2) is 32.9 Å². The van der Waals surface area contributed by atoms with Crippen molar-refractivity contribution in [3.63, 3.8) is 0 Å². The maximum absolute atomic E-state index is 13.0. The molecule has 4 N–H and O–H groups in total. The quantitative estimate of drug-likeness (QED) is 0.187. The van der Waals surface area contributed by atoms with E-state index in [0.717, 1.165) is 27.7 Å². The summed E-state index contributed by atoms with van der Waals surface area (Å²) in [5.74, 6) is 6.01. The van der Waals surface area contributed by atoms with Crippen molar-refractivity contribution in [1.29, 1.82) is 0 Å². The van der Waals surface area contributed by atoms with Crippen LogP contribution in [0.4, 0.5) is 30.6 Å². The van der Waals surface area contributed by atoms with Gasteiger partial charge in [-0.2, -0.15) is 13.2 Å². The minimum Gasteiger partial charge on any atom is -0.401 e. The van der Waals surface area contributed by atoms with Crippen LogP contribution in [0.2, 0.25) is 0 Å². The summed E-state index contributed by atoms with van der Waals surface area (Å²) in [6.45, 7) is 6.50. The third-order valence-corrected chi connectivity index (χ3v) is 6.04. The number of hydrogen-bond donors (Lipinski definition) is 3. The van der Waals surface area contributed by atoms with Gasteiger partial charge in [0.15, 0.2) is 0 Å². The largest absolute Gasteiger partial charge is 0.407 e. The SMILES string of the molecule is Cc1cc(-c2nnc(Nc3ccc4cc[nH]c4c3)o2)nc2c(C(C)(C)C)cc(N(N)CC(F)(F)F)cc12. The van der Waals surface area contributed by atoms with E-state index in [-0.39, 0.29) is 17.6 Å². The van der Waals surface area contributed by atoms with Crippen molar-refractivity contribution in [3.05, 3.63) is 59.8 Å². The summed E-state index contributed by atoms with van der Waals surface area (Å²) < 4.78 is 44.8. The number of H-pyrrole nitrogens is 1. The Balaban J connectivity index is 1.52. The van der Waals surface area contributed by atoms with Gasteiger partial charge in [-0.1, -0.05) is 31.9 Å². The highest BCUT2D eigenvalue weighted by Crippen LogP contribution is 2.36. The zero-order valence-corrected chi connectivity index (χ0v) is 20.7. The lowest BCUT2D eigenvalue weighted by Gasteiger charge is -2.26. The van der Waals surface area contributed by atoms with Crippen molar-refractivity contribution in [2.75, 3.05) is 16.9 Å². The lowest BCUT2D eigenvalue weighted by Crippen LogP contribution is -2.39. The monoisotopic (exact) mass is 509 g/mol. The molecule has 37 heavy (non-hydrogen) atoms. The second-order valence-corrected chi connectivity index (χ2v) is 10.0. The van der Waals surface area contributed by atoms with Crippen LogP contribution >= 0.6 is 0 Å². The number of nitrogens with zero attached hydrogens (tertiary/aromatic N) is 4. The van der Waals surface area contributed by atoms with Crippen molar-refractivity contribution in [2.24, 2.45) is 5.84 Å². The van der Waals surface area contributed by atoms with Gasteiger partial charge in [-0.15, -0.1) is 5.10 Å². The lowest BCUT2D eigenvalue weighted by atomic mass is 9.84. The third-order valence-electron chi connectivity index (χ3n) is 6.04. The molecule has 0 atom stereocenters. The topological polar surface area (TPSA) is 109 Å².